The van der Waals surface area contributed by atoms with Gasteiger partial charge in [0, 0.05) is 11.3 Å². The number of hydrogen-bond donors (Lipinski definition) is 2. The van der Waals surface area contributed by atoms with Crippen LogP contribution >= 0.6 is 0 Å². The highest BCUT2D eigenvalue weighted by Gasteiger charge is 2.16. The number of sulfonamides is 1. The van der Waals surface area contributed by atoms with Crippen LogP contribution in [0.5, 0.6) is 0 Å². The maximum absolute atomic E-state index is 11.7. The molecule has 2 rings (SSSR count). The normalized spacial score (nSPS) is 13.1. The van der Waals surface area contributed by atoms with Gasteiger partial charge in [0.15, 0.2) is 0 Å². The van der Waals surface area contributed by atoms with Crippen molar-refractivity contribution in [2.75, 3.05) is 12.4 Å². The minimum atomic E-state index is -3.40. The van der Waals surface area contributed by atoms with Crippen LogP contribution in [0.2, 0.25) is 0 Å². The summed E-state index contributed by atoms with van der Waals surface area (Å²) in [7, 11) is -2.01. The van der Waals surface area contributed by atoms with E-state index in [-0.39, 0.29) is 10.9 Å². The van der Waals surface area contributed by atoms with Gasteiger partial charge >= 0.3 is 0 Å². The molecule has 21 heavy (non-hydrogen) atoms. The van der Waals surface area contributed by atoms with Crippen LogP contribution in [0.25, 0.3) is 0 Å². The first kappa shape index (κ1) is 15.5. The van der Waals surface area contributed by atoms with Gasteiger partial charge in [-0.1, -0.05) is 5.16 Å². The van der Waals surface area contributed by atoms with E-state index in [1.54, 1.807) is 24.3 Å². The van der Waals surface area contributed by atoms with Gasteiger partial charge in [0.1, 0.15) is 5.76 Å². The van der Waals surface area contributed by atoms with Crippen molar-refractivity contribution in [1.82, 2.24) is 9.88 Å². The van der Waals surface area contributed by atoms with E-state index in [2.05, 4.69) is 15.2 Å². The molecule has 1 aromatic carbocycles. The third kappa shape index (κ3) is 3.25. The predicted octanol–water partition coefficient (Wildman–Crippen LogP) is 2.37. The topological polar surface area (TPSA) is 84.2 Å². The van der Waals surface area contributed by atoms with Crippen LogP contribution in [0.1, 0.15) is 30.0 Å². The molecule has 0 aliphatic heterocycles. The fourth-order valence-corrected chi connectivity index (χ4v) is 3.01. The third-order valence-corrected chi connectivity index (χ3v) is 4.77. The molecule has 2 N–H and O–H groups in total. The Kier molecular flexibility index (Phi) is 4.34. The maximum Gasteiger partial charge on any atom is 0.240 e. The third-order valence-electron chi connectivity index (χ3n) is 3.34. The zero-order chi connectivity index (χ0) is 15.6. The summed E-state index contributed by atoms with van der Waals surface area (Å²) in [5, 5.41) is 7.24. The number of nitrogens with zero attached hydrogens (tertiary/aromatic N) is 1. The van der Waals surface area contributed by atoms with Crippen molar-refractivity contribution in [3.05, 3.63) is 41.3 Å². The van der Waals surface area contributed by atoms with E-state index in [1.165, 1.54) is 7.05 Å². The lowest BCUT2D eigenvalue weighted by Crippen LogP contribution is -2.18. The second-order valence-electron chi connectivity index (χ2n) is 4.84. The number of anilines is 1. The molecule has 0 amide bonds. The predicted molar refractivity (Wildman–Crippen MR) is 80.7 cm³/mol. The Labute approximate surface area is 124 Å². The zero-order valence-electron chi connectivity index (χ0n) is 12.5. The SMILES string of the molecule is CNS(=O)(=O)c1ccc(NC(C)c2c(C)noc2C)cc1. The standard InChI is InChI=1S/C14H19N3O3S/c1-9(14-10(2)17-20-11(14)3)16-12-5-7-13(8-6-12)21(18,19)15-4/h5-9,15-16H,1-4H3. The van der Waals surface area contributed by atoms with Crippen LogP contribution in [-0.4, -0.2) is 20.6 Å². The molecule has 2 aromatic rings. The minimum absolute atomic E-state index is 0.0167. The number of aromatic nitrogens is 1. The molecule has 1 heterocycles. The van der Waals surface area contributed by atoms with Crippen molar-refractivity contribution in [3.8, 4) is 0 Å². The van der Waals surface area contributed by atoms with E-state index in [0.717, 1.165) is 22.7 Å². The van der Waals surface area contributed by atoms with E-state index in [1.807, 2.05) is 20.8 Å². The maximum atomic E-state index is 11.7. The highest BCUT2D eigenvalue weighted by molar-refractivity contribution is 7.89. The van der Waals surface area contributed by atoms with Gasteiger partial charge in [0.05, 0.1) is 16.6 Å². The van der Waals surface area contributed by atoms with Gasteiger partial charge in [0.25, 0.3) is 0 Å². The lowest BCUT2D eigenvalue weighted by molar-refractivity contribution is 0.392. The Bertz CT molecular complexity index is 701. The smallest absolute Gasteiger partial charge is 0.240 e. The van der Waals surface area contributed by atoms with Crippen LogP contribution in [0.15, 0.2) is 33.7 Å². The van der Waals surface area contributed by atoms with E-state index in [0.29, 0.717) is 0 Å². The monoisotopic (exact) mass is 309 g/mol. The van der Waals surface area contributed by atoms with Gasteiger partial charge in [-0.25, -0.2) is 13.1 Å². The Morgan fingerprint density at radius 2 is 1.81 bits per heavy atom. The first-order chi connectivity index (χ1) is 9.85. The number of rotatable bonds is 5. The lowest BCUT2D eigenvalue weighted by atomic mass is 10.1. The molecule has 0 fully saturated rings. The summed E-state index contributed by atoms with van der Waals surface area (Å²) >= 11 is 0. The molecule has 0 aliphatic rings. The zero-order valence-corrected chi connectivity index (χ0v) is 13.3. The summed E-state index contributed by atoms with van der Waals surface area (Å²) in [6.45, 7) is 5.77. The molecular formula is C14H19N3O3S. The Morgan fingerprint density at radius 1 is 1.19 bits per heavy atom. The molecule has 0 saturated carbocycles. The average molecular weight is 309 g/mol. The van der Waals surface area contributed by atoms with Crippen molar-refractivity contribution in [2.45, 2.75) is 31.7 Å². The van der Waals surface area contributed by atoms with Crippen LogP contribution in [0.3, 0.4) is 0 Å². The molecular weight excluding hydrogens is 290 g/mol. The second kappa shape index (κ2) is 5.87. The molecule has 0 saturated heterocycles. The number of hydrogen-bond acceptors (Lipinski definition) is 5. The summed E-state index contributed by atoms with van der Waals surface area (Å²) in [5.74, 6) is 0.780. The van der Waals surface area contributed by atoms with Crippen LogP contribution < -0.4 is 10.0 Å². The van der Waals surface area contributed by atoms with Gasteiger partial charge in [0.2, 0.25) is 10.0 Å². The molecule has 0 aliphatic carbocycles. The van der Waals surface area contributed by atoms with E-state index < -0.39 is 10.0 Å². The van der Waals surface area contributed by atoms with Crippen LogP contribution in [-0.2, 0) is 10.0 Å². The fourth-order valence-electron chi connectivity index (χ4n) is 2.28. The molecule has 1 unspecified atom stereocenters. The highest BCUT2D eigenvalue weighted by Crippen LogP contribution is 2.25. The number of nitrogens with one attached hydrogen (secondary N) is 2. The van der Waals surface area contributed by atoms with Gasteiger partial charge in [-0.2, -0.15) is 0 Å². The summed E-state index contributed by atoms with van der Waals surface area (Å²) in [5.41, 5.74) is 2.70. The van der Waals surface area contributed by atoms with E-state index >= 15 is 0 Å². The molecule has 0 spiro atoms. The van der Waals surface area contributed by atoms with Crippen molar-refractivity contribution in [3.63, 3.8) is 0 Å². The first-order valence-electron chi connectivity index (χ1n) is 6.58. The van der Waals surface area contributed by atoms with Gasteiger partial charge in [-0.3, -0.25) is 0 Å². The van der Waals surface area contributed by atoms with Gasteiger partial charge in [-0.05, 0) is 52.1 Å². The van der Waals surface area contributed by atoms with Crippen molar-refractivity contribution >= 4 is 15.7 Å². The quantitative estimate of drug-likeness (QED) is 0.886. The molecule has 0 bridgehead atoms. The summed E-state index contributed by atoms with van der Waals surface area (Å²) in [6.07, 6.45) is 0. The largest absolute Gasteiger partial charge is 0.378 e. The van der Waals surface area contributed by atoms with Gasteiger partial charge in [-0.15, -0.1) is 0 Å². The van der Waals surface area contributed by atoms with Crippen LogP contribution in [0, 0.1) is 13.8 Å². The summed E-state index contributed by atoms with van der Waals surface area (Å²) in [4.78, 5) is 0.237. The van der Waals surface area contributed by atoms with Crippen LogP contribution in [0.4, 0.5) is 5.69 Å². The first-order valence-corrected chi connectivity index (χ1v) is 8.06. The molecule has 6 nitrogen and oxygen atoms in total. The number of benzene rings is 1. The Morgan fingerprint density at radius 3 is 2.29 bits per heavy atom. The lowest BCUT2D eigenvalue weighted by Gasteiger charge is -2.15. The Hall–Kier alpha value is -1.86. The van der Waals surface area contributed by atoms with E-state index in [9.17, 15) is 8.42 Å². The minimum Gasteiger partial charge on any atom is -0.378 e. The second-order valence-corrected chi connectivity index (χ2v) is 6.72. The number of aryl methyl sites for hydroxylation is 2. The molecule has 7 heteroatoms. The highest BCUT2D eigenvalue weighted by atomic mass is 32.2. The fraction of sp³-hybridized carbons (Fsp3) is 0.357. The summed E-state index contributed by atoms with van der Waals surface area (Å²) < 4.78 is 30.8. The van der Waals surface area contributed by atoms with Crippen molar-refractivity contribution in [1.29, 1.82) is 0 Å². The Balaban J connectivity index is 2.18. The van der Waals surface area contributed by atoms with E-state index in [4.69, 9.17) is 4.52 Å². The van der Waals surface area contributed by atoms with Gasteiger partial charge < -0.3 is 9.84 Å². The summed E-state index contributed by atoms with van der Waals surface area (Å²) in [6, 6.07) is 6.61. The molecule has 1 atom stereocenters. The van der Waals surface area contributed by atoms with Crippen molar-refractivity contribution < 1.29 is 12.9 Å². The average Bonchev–Trinajstić information content (AvgIpc) is 2.78. The van der Waals surface area contributed by atoms with Crippen molar-refractivity contribution in [2.24, 2.45) is 0 Å². The molecule has 1 aromatic heterocycles. The molecule has 114 valence electrons. The molecule has 0 radical (unpaired) electrons.